The molecule has 128 valence electrons. The number of likely N-dealkylation sites (tertiary alicyclic amines) is 1. The lowest BCUT2D eigenvalue weighted by molar-refractivity contribution is -0.146. The second kappa shape index (κ2) is 9.82. The molecule has 0 spiro atoms. The molecule has 0 amide bonds. The molecule has 1 saturated heterocycles. The molecule has 0 aromatic carbocycles. The van der Waals surface area contributed by atoms with Gasteiger partial charge < -0.3 is 10.2 Å². The van der Waals surface area contributed by atoms with E-state index < -0.39 is 11.9 Å². The molecular weight excluding hydrogens is 282 g/mol. The van der Waals surface area contributed by atoms with Crippen LogP contribution >= 0.6 is 0 Å². The van der Waals surface area contributed by atoms with Gasteiger partial charge in [-0.2, -0.15) is 0 Å². The van der Waals surface area contributed by atoms with Crippen molar-refractivity contribution < 1.29 is 19.8 Å². The molecule has 2 atom stereocenters. The van der Waals surface area contributed by atoms with Crippen LogP contribution in [0.3, 0.4) is 0 Å². The van der Waals surface area contributed by atoms with Crippen LogP contribution < -0.4 is 0 Å². The minimum absolute atomic E-state index is 0.0289. The Hall–Kier alpha value is -1.10. The topological polar surface area (TPSA) is 77.8 Å². The third-order valence-corrected chi connectivity index (χ3v) is 4.94. The van der Waals surface area contributed by atoms with Gasteiger partial charge in [-0.1, -0.05) is 32.6 Å². The van der Waals surface area contributed by atoms with Gasteiger partial charge in [0.15, 0.2) is 0 Å². The van der Waals surface area contributed by atoms with Gasteiger partial charge >= 0.3 is 11.9 Å². The van der Waals surface area contributed by atoms with Gasteiger partial charge in [-0.3, -0.25) is 14.5 Å². The number of nitrogens with zero attached hydrogens (tertiary/aromatic N) is 1. The van der Waals surface area contributed by atoms with E-state index in [2.05, 4.69) is 18.7 Å². The van der Waals surface area contributed by atoms with Crippen molar-refractivity contribution in [3.05, 3.63) is 0 Å². The number of hydrogen-bond acceptors (Lipinski definition) is 3. The lowest BCUT2D eigenvalue weighted by atomic mass is 9.90. The maximum atomic E-state index is 10.9. The summed E-state index contributed by atoms with van der Waals surface area (Å²) in [7, 11) is 0. The molecular formula is C17H31NO4. The molecule has 2 unspecified atom stereocenters. The Bertz CT molecular complexity index is 353. The largest absolute Gasteiger partial charge is 0.481 e. The first-order valence-electron chi connectivity index (χ1n) is 8.68. The normalized spacial score (nSPS) is 24.9. The van der Waals surface area contributed by atoms with Crippen molar-refractivity contribution in [2.75, 3.05) is 6.54 Å². The SMILES string of the molecule is CCC(C)N1CCCCC1C(=O)O.O=C(O)C1CCCCC1. The van der Waals surface area contributed by atoms with Gasteiger partial charge in [0.2, 0.25) is 0 Å². The highest BCUT2D eigenvalue weighted by molar-refractivity contribution is 5.73. The van der Waals surface area contributed by atoms with Crippen LogP contribution in [0.1, 0.15) is 71.6 Å². The molecule has 2 N–H and O–H groups in total. The summed E-state index contributed by atoms with van der Waals surface area (Å²) >= 11 is 0. The van der Waals surface area contributed by atoms with E-state index in [1.165, 1.54) is 6.42 Å². The second-order valence-electron chi connectivity index (χ2n) is 6.52. The maximum absolute atomic E-state index is 10.9. The van der Waals surface area contributed by atoms with Gasteiger partial charge in [0, 0.05) is 6.04 Å². The highest BCUT2D eigenvalue weighted by Gasteiger charge is 2.30. The van der Waals surface area contributed by atoms with Crippen molar-refractivity contribution in [3.63, 3.8) is 0 Å². The van der Waals surface area contributed by atoms with Crippen LogP contribution in [0, 0.1) is 5.92 Å². The predicted molar refractivity (Wildman–Crippen MR) is 85.9 cm³/mol. The molecule has 1 aliphatic heterocycles. The Kier molecular flexibility index (Phi) is 8.46. The number of hydrogen-bond donors (Lipinski definition) is 2. The molecule has 0 aromatic heterocycles. The molecule has 5 heteroatoms. The van der Waals surface area contributed by atoms with E-state index in [0.717, 1.165) is 57.9 Å². The van der Waals surface area contributed by atoms with Crippen LogP contribution in [0.15, 0.2) is 0 Å². The minimum atomic E-state index is -0.653. The van der Waals surface area contributed by atoms with E-state index in [9.17, 15) is 9.59 Å². The summed E-state index contributed by atoms with van der Waals surface area (Å²) in [4.78, 5) is 23.4. The lowest BCUT2D eigenvalue weighted by Crippen LogP contribution is -2.48. The van der Waals surface area contributed by atoms with E-state index >= 15 is 0 Å². The van der Waals surface area contributed by atoms with Crippen LogP contribution in [0.5, 0.6) is 0 Å². The van der Waals surface area contributed by atoms with E-state index in [1.54, 1.807) is 0 Å². The molecule has 22 heavy (non-hydrogen) atoms. The van der Waals surface area contributed by atoms with Crippen molar-refractivity contribution in [3.8, 4) is 0 Å². The van der Waals surface area contributed by atoms with E-state index in [4.69, 9.17) is 10.2 Å². The Morgan fingerprint density at radius 1 is 1.00 bits per heavy atom. The smallest absolute Gasteiger partial charge is 0.320 e. The van der Waals surface area contributed by atoms with Crippen LogP contribution in [0.4, 0.5) is 0 Å². The third-order valence-electron chi connectivity index (χ3n) is 4.94. The van der Waals surface area contributed by atoms with Gasteiger partial charge in [-0.05, 0) is 45.6 Å². The van der Waals surface area contributed by atoms with Crippen molar-refractivity contribution in [1.29, 1.82) is 0 Å². The van der Waals surface area contributed by atoms with Crippen molar-refractivity contribution in [2.24, 2.45) is 5.92 Å². The zero-order valence-corrected chi connectivity index (χ0v) is 14.0. The predicted octanol–water partition coefficient (Wildman–Crippen LogP) is 3.38. The molecule has 0 radical (unpaired) electrons. The fourth-order valence-corrected chi connectivity index (χ4v) is 3.33. The average molecular weight is 313 g/mol. The van der Waals surface area contributed by atoms with Crippen molar-refractivity contribution >= 4 is 11.9 Å². The minimum Gasteiger partial charge on any atom is -0.481 e. The van der Waals surface area contributed by atoms with Gasteiger partial charge in [0.25, 0.3) is 0 Å². The van der Waals surface area contributed by atoms with Crippen LogP contribution in [-0.2, 0) is 9.59 Å². The van der Waals surface area contributed by atoms with Gasteiger partial charge in [-0.15, -0.1) is 0 Å². The molecule has 1 saturated carbocycles. The molecule has 1 heterocycles. The standard InChI is InChI=1S/C10H19NO2.C7H12O2/c1-3-8(2)11-7-5-4-6-9(11)10(12)13;8-7(9)6-4-2-1-3-5-6/h8-9H,3-7H2,1-2H3,(H,12,13);6H,1-5H2,(H,8,9). The van der Waals surface area contributed by atoms with Crippen LogP contribution in [0.2, 0.25) is 0 Å². The monoisotopic (exact) mass is 313 g/mol. The van der Waals surface area contributed by atoms with E-state index in [0.29, 0.717) is 6.04 Å². The van der Waals surface area contributed by atoms with Crippen molar-refractivity contribution in [2.45, 2.75) is 83.7 Å². The van der Waals surface area contributed by atoms with Gasteiger partial charge in [0.1, 0.15) is 6.04 Å². The molecule has 2 fully saturated rings. The highest BCUT2D eigenvalue weighted by atomic mass is 16.4. The number of aliphatic carboxylic acids is 2. The Balaban J connectivity index is 0.000000235. The zero-order valence-electron chi connectivity index (χ0n) is 14.0. The van der Waals surface area contributed by atoms with Crippen LogP contribution in [0.25, 0.3) is 0 Å². The summed E-state index contributed by atoms with van der Waals surface area (Å²) in [6, 6.07) is 0.171. The first-order chi connectivity index (χ1) is 10.5. The zero-order chi connectivity index (χ0) is 16.5. The molecule has 2 rings (SSSR count). The second-order valence-corrected chi connectivity index (χ2v) is 6.52. The molecule has 1 aliphatic carbocycles. The number of carbonyl (C=O) groups is 2. The summed E-state index contributed by atoms with van der Waals surface area (Å²) < 4.78 is 0. The molecule has 0 aromatic rings. The van der Waals surface area contributed by atoms with E-state index in [-0.39, 0.29) is 12.0 Å². The molecule has 0 bridgehead atoms. The summed E-state index contributed by atoms with van der Waals surface area (Å²) in [6.45, 7) is 5.17. The number of carboxylic acids is 2. The van der Waals surface area contributed by atoms with E-state index in [1.807, 2.05) is 0 Å². The van der Waals surface area contributed by atoms with Crippen LogP contribution in [-0.4, -0.2) is 45.7 Å². The van der Waals surface area contributed by atoms with Crippen molar-refractivity contribution in [1.82, 2.24) is 4.90 Å². The Morgan fingerprint density at radius 2 is 1.59 bits per heavy atom. The lowest BCUT2D eigenvalue weighted by Gasteiger charge is -2.37. The summed E-state index contributed by atoms with van der Waals surface area (Å²) in [6.07, 6.45) is 9.30. The summed E-state index contributed by atoms with van der Waals surface area (Å²) in [5, 5.41) is 17.5. The quantitative estimate of drug-likeness (QED) is 0.832. The average Bonchev–Trinajstić information content (AvgIpc) is 2.55. The third kappa shape index (κ3) is 5.95. The number of piperidine rings is 1. The maximum Gasteiger partial charge on any atom is 0.320 e. The first kappa shape index (κ1) is 18.9. The summed E-state index contributed by atoms with van der Waals surface area (Å²) in [5.74, 6) is -1.28. The Morgan fingerprint density at radius 3 is 2.05 bits per heavy atom. The highest BCUT2D eigenvalue weighted by Crippen LogP contribution is 2.23. The summed E-state index contributed by atoms with van der Waals surface area (Å²) in [5.41, 5.74) is 0. The fraction of sp³-hybridized carbons (Fsp3) is 0.882. The van der Waals surface area contributed by atoms with Gasteiger partial charge in [0.05, 0.1) is 5.92 Å². The fourth-order valence-electron chi connectivity index (χ4n) is 3.33. The Labute approximate surface area is 133 Å². The molecule has 2 aliphatic rings. The number of carboxylic acid groups (broad SMARTS) is 2. The first-order valence-corrected chi connectivity index (χ1v) is 8.68. The number of rotatable bonds is 4. The van der Waals surface area contributed by atoms with Gasteiger partial charge in [-0.25, -0.2) is 0 Å². The molecule has 5 nitrogen and oxygen atoms in total.